The summed E-state index contributed by atoms with van der Waals surface area (Å²) in [6, 6.07) is 29.5. The predicted octanol–water partition coefficient (Wildman–Crippen LogP) is 5.88. The highest BCUT2D eigenvalue weighted by atomic mass is 14.7. The lowest BCUT2D eigenvalue weighted by Gasteiger charge is -2.10. The summed E-state index contributed by atoms with van der Waals surface area (Å²) in [6.45, 7) is 2.13. The van der Waals surface area contributed by atoms with E-state index in [4.69, 9.17) is 4.98 Å². The lowest BCUT2D eigenvalue weighted by Crippen LogP contribution is -1.91. The monoisotopic (exact) mass is 295 g/mol. The van der Waals surface area contributed by atoms with Crippen molar-refractivity contribution in [2.24, 2.45) is 0 Å². The largest absolute Gasteiger partial charge is 0.248 e. The van der Waals surface area contributed by atoms with Crippen molar-refractivity contribution in [3.8, 4) is 22.5 Å². The van der Waals surface area contributed by atoms with Gasteiger partial charge in [0.2, 0.25) is 0 Å². The summed E-state index contributed by atoms with van der Waals surface area (Å²) < 4.78 is 0. The van der Waals surface area contributed by atoms with Crippen molar-refractivity contribution < 1.29 is 0 Å². The fourth-order valence-corrected chi connectivity index (χ4v) is 3.01. The summed E-state index contributed by atoms with van der Waals surface area (Å²) in [4.78, 5) is 4.92. The SMILES string of the molecule is Cc1cc(-c2ccccc2)nc(-c2cccc3ccccc23)c1. The minimum Gasteiger partial charge on any atom is -0.248 e. The van der Waals surface area contributed by atoms with Crippen LogP contribution in [0.1, 0.15) is 5.56 Å². The maximum absolute atomic E-state index is 4.92. The molecule has 3 aromatic carbocycles. The first-order valence-electron chi connectivity index (χ1n) is 7.83. The molecular weight excluding hydrogens is 278 g/mol. The van der Waals surface area contributed by atoms with Gasteiger partial charge < -0.3 is 0 Å². The van der Waals surface area contributed by atoms with Gasteiger partial charge in [-0.3, -0.25) is 0 Å². The average Bonchev–Trinajstić information content (AvgIpc) is 2.61. The molecule has 1 nitrogen and oxygen atoms in total. The zero-order chi connectivity index (χ0) is 15.6. The van der Waals surface area contributed by atoms with E-state index in [1.54, 1.807) is 0 Å². The molecule has 0 saturated heterocycles. The summed E-state index contributed by atoms with van der Waals surface area (Å²) in [5, 5.41) is 2.49. The van der Waals surface area contributed by atoms with Crippen molar-refractivity contribution in [1.29, 1.82) is 0 Å². The van der Waals surface area contributed by atoms with Gasteiger partial charge in [-0.25, -0.2) is 4.98 Å². The maximum atomic E-state index is 4.92. The minimum absolute atomic E-state index is 1.02. The van der Waals surface area contributed by atoms with Gasteiger partial charge in [0.25, 0.3) is 0 Å². The van der Waals surface area contributed by atoms with E-state index in [-0.39, 0.29) is 0 Å². The molecule has 1 aromatic heterocycles. The third kappa shape index (κ3) is 2.62. The van der Waals surface area contributed by atoms with E-state index in [1.807, 2.05) is 6.07 Å². The molecule has 0 saturated carbocycles. The normalized spacial score (nSPS) is 10.8. The van der Waals surface area contributed by atoms with Crippen molar-refractivity contribution in [1.82, 2.24) is 4.98 Å². The molecule has 1 heteroatoms. The van der Waals surface area contributed by atoms with E-state index in [2.05, 4.69) is 85.8 Å². The van der Waals surface area contributed by atoms with Crippen molar-refractivity contribution >= 4 is 10.8 Å². The first-order chi connectivity index (χ1) is 11.3. The number of hydrogen-bond donors (Lipinski definition) is 0. The van der Waals surface area contributed by atoms with E-state index in [9.17, 15) is 0 Å². The number of hydrogen-bond acceptors (Lipinski definition) is 1. The van der Waals surface area contributed by atoms with Crippen LogP contribution >= 0.6 is 0 Å². The highest BCUT2D eigenvalue weighted by molar-refractivity contribution is 5.96. The molecule has 0 aliphatic rings. The van der Waals surface area contributed by atoms with Gasteiger partial charge in [0, 0.05) is 11.1 Å². The molecule has 0 atom stereocenters. The highest BCUT2D eigenvalue weighted by Gasteiger charge is 2.08. The van der Waals surface area contributed by atoms with Crippen molar-refractivity contribution in [3.05, 3.63) is 90.5 Å². The predicted molar refractivity (Wildman–Crippen MR) is 97.4 cm³/mol. The van der Waals surface area contributed by atoms with Crippen LogP contribution in [0.2, 0.25) is 0 Å². The Morgan fingerprint density at radius 3 is 2.22 bits per heavy atom. The quantitative estimate of drug-likeness (QED) is 0.450. The molecule has 0 aliphatic carbocycles. The first-order valence-corrected chi connectivity index (χ1v) is 7.83. The number of fused-ring (bicyclic) bond motifs is 1. The van der Waals surface area contributed by atoms with E-state index in [1.165, 1.54) is 21.9 Å². The van der Waals surface area contributed by atoms with E-state index in [0.717, 1.165) is 17.0 Å². The Balaban J connectivity index is 1.94. The summed E-state index contributed by atoms with van der Waals surface area (Å²) in [6.07, 6.45) is 0. The molecule has 0 bridgehead atoms. The Morgan fingerprint density at radius 2 is 1.35 bits per heavy atom. The Labute approximate surface area is 136 Å². The molecule has 0 fully saturated rings. The van der Waals surface area contributed by atoms with Gasteiger partial charge in [-0.05, 0) is 35.4 Å². The van der Waals surface area contributed by atoms with Gasteiger partial charge in [0.05, 0.1) is 11.4 Å². The Hall–Kier alpha value is -2.93. The zero-order valence-electron chi connectivity index (χ0n) is 13.0. The topological polar surface area (TPSA) is 12.9 Å². The van der Waals surface area contributed by atoms with E-state index < -0.39 is 0 Å². The summed E-state index contributed by atoms with van der Waals surface area (Å²) >= 11 is 0. The van der Waals surface area contributed by atoms with Crippen LogP contribution in [-0.4, -0.2) is 4.98 Å². The molecule has 0 aliphatic heterocycles. The lowest BCUT2D eigenvalue weighted by atomic mass is 10.00. The van der Waals surface area contributed by atoms with Crippen LogP contribution in [0.15, 0.2) is 84.9 Å². The van der Waals surface area contributed by atoms with Crippen LogP contribution < -0.4 is 0 Å². The van der Waals surface area contributed by atoms with Crippen LogP contribution in [0.5, 0.6) is 0 Å². The number of aryl methyl sites for hydroxylation is 1. The molecular formula is C22H17N. The fraction of sp³-hybridized carbons (Fsp3) is 0.0455. The van der Waals surface area contributed by atoms with Gasteiger partial charge in [-0.15, -0.1) is 0 Å². The average molecular weight is 295 g/mol. The summed E-state index contributed by atoms with van der Waals surface area (Å²) in [7, 11) is 0. The first kappa shape index (κ1) is 13.7. The number of nitrogens with zero attached hydrogens (tertiary/aromatic N) is 1. The number of aromatic nitrogens is 1. The van der Waals surface area contributed by atoms with Gasteiger partial charge >= 0.3 is 0 Å². The molecule has 23 heavy (non-hydrogen) atoms. The van der Waals surface area contributed by atoms with E-state index in [0.29, 0.717) is 0 Å². The van der Waals surface area contributed by atoms with Gasteiger partial charge in [0.15, 0.2) is 0 Å². The van der Waals surface area contributed by atoms with Crippen LogP contribution in [-0.2, 0) is 0 Å². The molecule has 0 amide bonds. The Bertz CT molecular complexity index is 966. The highest BCUT2D eigenvalue weighted by Crippen LogP contribution is 2.30. The summed E-state index contributed by atoms with van der Waals surface area (Å²) in [5.41, 5.74) is 5.61. The second kappa shape index (κ2) is 5.69. The molecule has 4 aromatic rings. The van der Waals surface area contributed by atoms with Gasteiger partial charge in [0.1, 0.15) is 0 Å². The van der Waals surface area contributed by atoms with Crippen molar-refractivity contribution in [3.63, 3.8) is 0 Å². The number of rotatable bonds is 2. The zero-order valence-corrected chi connectivity index (χ0v) is 13.0. The molecule has 4 rings (SSSR count). The lowest BCUT2D eigenvalue weighted by molar-refractivity contribution is 1.29. The fourth-order valence-electron chi connectivity index (χ4n) is 3.01. The van der Waals surface area contributed by atoms with Crippen LogP contribution in [0.3, 0.4) is 0 Å². The van der Waals surface area contributed by atoms with Crippen molar-refractivity contribution in [2.75, 3.05) is 0 Å². The second-order valence-corrected chi connectivity index (χ2v) is 5.81. The van der Waals surface area contributed by atoms with E-state index >= 15 is 0 Å². The van der Waals surface area contributed by atoms with Crippen LogP contribution in [0, 0.1) is 6.92 Å². The van der Waals surface area contributed by atoms with Crippen LogP contribution in [0.25, 0.3) is 33.3 Å². The third-order valence-corrected chi connectivity index (χ3v) is 4.10. The molecule has 1 heterocycles. The minimum atomic E-state index is 1.02. The van der Waals surface area contributed by atoms with Gasteiger partial charge in [-0.1, -0.05) is 72.8 Å². The molecule has 110 valence electrons. The standard InChI is InChI=1S/C22H17N/c1-16-14-21(18-9-3-2-4-10-18)23-22(15-16)20-13-7-11-17-8-5-6-12-19(17)20/h2-15H,1H3. The molecule has 0 radical (unpaired) electrons. The van der Waals surface area contributed by atoms with Gasteiger partial charge in [-0.2, -0.15) is 0 Å². The molecule has 0 unspecified atom stereocenters. The number of pyridine rings is 1. The maximum Gasteiger partial charge on any atom is 0.0718 e. The number of benzene rings is 3. The third-order valence-electron chi connectivity index (χ3n) is 4.10. The second-order valence-electron chi connectivity index (χ2n) is 5.81. The Kier molecular flexibility index (Phi) is 3.39. The summed E-state index contributed by atoms with van der Waals surface area (Å²) in [5.74, 6) is 0. The van der Waals surface area contributed by atoms with Crippen LogP contribution in [0.4, 0.5) is 0 Å². The smallest absolute Gasteiger partial charge is 0.0718 e. The van der Waals surface area contributed by atoms with Crippen molar-refractivity contribution in [2.45, 2.75) is 6.92 Å². The Morgan fingerprint density at radius 1 is 0.652 bits per heavy atom. The molecule has 0 spiro atoms. The molecule has 0 N–H and O–H groups in total.